The van der Waals surface area contributed by atoms with Gasteiger partial charge in [0.15, 0.2) is 0 Å². The van der Waals surface area contributed by atoms with E-state index in [0.29, 0.717) is 4.83 Å². The average Bonchev–Trinajstić information content (AvgIpc) is 2.35. The molecule has 1 unspecified atom stereocenters. The van der Waals surface area contributed by atoms with Gasteiger partial charge in [0.2, 0.25) is 0 Å². The zero-order valence-corrected chi connectivity index (χ0v) is 14.7. The van der Waals surface area contributed by atoms with Crippen LogP contribution >= 0.6 is 47.8 Å². The molecule has 2 aromatic carbocycles. The third-order valence-electron chi connectivity index (χ3n) is 2.89. The van der Waals surface area contributed by atoms with Crippen molar-refractivity contribution in [1.82, 2.24) is 0 Å². The van der Waals surface area contributed by atoms with Crippen LogP contribution in [-0.2, 0) is 6.42 Å². The zero-order chi connectivity index (χ0) is 13.1. The van der Waals surface area contributed by atoms with E-state index >= 15 is 0 Å². The van der Waals surface area contributed by atoms with Crippen LogP contribution in [0, 0.1) is 6.92 Å². The van der Waals surface area contributed by atoms with Crippen molar-refractivity contribution in [3.05, 3.63) is 68.1 Å². The Morgan fingerprint density at radius 1 is 1.00 bits per heavy atom. The molecule has 0 heterocycles. The van der Waals surface area contributed by atoms with Crippen LogP contribution in [0.5, 0.6) is 0 Å². The zero-order valence-electron chi connectivity index (χ0n) is 9.96. The first-order valence-corrected chi connectivity index (χ1v) is 8.21. The van der Waals surface area contributed by atoms with Gasteiger partial charge in [-0.05, 0) is 48.2 Å². The fraction of sp³-hybridized carbons (Fsp3) is 0.200. The van der Waals surface area contributed by atoms with E-state index in [0.717, 1.165) is 10.9 Å². The number of rotatable bonds is 3. The summed E-state index contributed by atoms with van der Waals surface area (Å²) < 4.78 is 2.29. The summed E-state index contributed by atoms with van der Waals surface area (Å²) in [5, 5.41) is 0. The highest BCUT2D eigenvalue weighted by atomic mass is 79.9. The molecule has 0 aliphatic carbocycles. The van der Waals surface area contributed by atoms with Crippen molar-refractivity contribution in [2.45, 2.75) is 18.2 Å². The second-order valence-corrected chi connectivity index (χ2v) is 7.18. The Morgan fingerprint density at radius 3 is 2.28 bits per heavy atom. The molecule has 0 aromatic heterocycles. The van der Waals surface area contributed by atoms with E-state index in [1.165, 1.54) is 21.2 Å². The summed E-state index contributed by atoms with van der Waals surface area (Å²) >= 11 is 10.8. The fourth-order valence-corrected chi connectivity index (χ4v) is 3.07. The van der Waals surface area contributed by atoms with Crippen molar-refractivity contribution in [2.75, 3.05) is 0 Å². The molecule has 1 atom stereocenters. The van der Waals surface area contributed by atoms with E-state index < -0.39 is 0 Å². The van der Waals surface area contributed by atoms with Gasteiger partial charge < -0.3 is 0 Å². The Hall–Kier alpha value is -0.120. The van der Waals surface area contributed by atoms with Gasteiger partial charge >= 0.3 is 0 Å². The van der Waals surface area contributed by atoms with Gasteiger partial charge in [-0.15, -0.1) is 0 Å². The van der Waals surface area contributed by atoms with Crippen LogP contribution < -0.4 is 0 Å². The Bertz CT molecular complexity index is 532. The van der Waals surface area contributed by atoms with E-state index in [2.05, 4.69) is 97.2 Å². The van der Waals surface area contributed by atoms with Crippen molar-refractivity contribution in [3.8, 4) is 0 Å². The summed E-state index contributed by atoms with van der Waals surface area (Å²) in [6, 6.07) is 15.0. The first-order chi connectivity index (χ1) is 8.56. The lowest BCUT2D eigenvalue weighted by molar-refractivity contribution is 0.946. The minimum Gasteiger partial charge on any atom is -0.0835 e. The molecule has 0 aliphatic heterocycles. The molecular formula is C15H13Br3. The highest BCUT2D eigenvalue weighted by Gasteiger charge is 2.09. The quantitative estimate of drug-likeness (QED) is 0.506. The summed E-state index contributed by atoms with van der Waals surface area (Å²) in [4.78, 5) is 0.343. The Balaban J connectivity index is 2.13. The van der Waals surface area contributed by atoms with E-state index in [1.54, 1.807) is 0 Å². The van der Waals surface area contributed by atoms with Gasteiger partial charge in [-0.1, -0.05) is 72.1 Å². The Labute approximate surface area is 133 Å². The predicted molar refractivity (Wildman–Crippen MR) is 88.4 cm³/mol. The lowest BCUT2D eigenvalue weighted by Crippen LogP contribution is -1.96. The van der Waals surface area contributed by atoms with Crippen molar-refractivity contribution in [3.63, 3.8) is 0 Å². The minimum atomic E-state index is 0.343. The van der Waals surface area contributed by atoms with Gasteiger partial charge in [-0.3, -0.25) is 0 Å². The van der Waals surface area contributed by atoms with Crippen molar-refractivity contribution >= 4 is 47.8 Å². The van der Waals surface area contributed by atoms with Gasteiger partial charge in [-0.25, -0.2) is 0 Å². The molecule has 0 bridgehead atoms. The van der Waals surface area contributed by atoms with Gasteiger partial charge in [0.1, 0.15) is 0 Å². The minimum absolute atomic E-state index is 0.343. The first-order valence-electron chi connectivity index (χ1n) is 5.71. The lowest BCUT2D eigenvalue weighted by atomic mass is 10.0. The molecule has 0 N–H and O–H groups in total. The maximum absolute atomic E-state index is 3.77. The highest BCUT2D eigenvalue weighted by molar-refractivity contribution is 9.11. The number of hydrogen-bond donors (Lipinski definition) is 0. The molecule has 0 radical (unpaired) electrons. The monoisotopic (exact) mass is 430 g/mol. The fourth-order valence-electron chi connectivity index (χ4n) is 1.75. The van der Waals surface area contributed by atoms with Crippen LogP contribution in [0.1, 0.15) is 21.5 Å². The summed E-state index contributed by atoms with van der Waals surface area (Å²) in [7, 11) is 0. The summed E-state index contributed by atoms with van der Waals surface area (Å²) in [6.45, 7) is 2.10. The van der Waals surface area contributed by atoms with E-state index in [4.69, 9.17) is 0 Å². The van der Waals surface area contributed by atoms with Gasteiger partial charge in [0.25, 0.3) is 0 Å². The number of benzene rings is 2. The molecule has 0 spiro atoms. The second kappa shape index (κ2) is 6.36. The van der Waals surface area contributed by atoms with Crippen LogP contribution in [0.2, 0.25) is 0 Å². The van der Waals surface area contributed by atoms with E-state index in [-0.39, 0.29) is 0 Å². The summed E-state index contributed by atoms with van der Waals surface area (Å²) in [6.07, 6.45) is 0.989. The van der Waals surface area contributed by atoms with Crippen LogP contribution in [0.25, 0.3) is 0 Å². The number of hydrogen-bond acceptors (Lipinski definition) is 0. The molecular weight excluding hydrogens is 420 g/mol. The largest absolute Gasteiger partial charge is 0.0835 e. The second-order valence-electron chi connectivity index (χ2n) is 4.31. The van der Waals surface area contributed by atoms with Crippen molar-refractivity contribution < 1.29 is 0 Å². The highest BCUT2D eigenvalue weighted by Crippen LogP contribution is 2.30. The molecule has 0 nitrogen and oxygen atoms in total. The van der Waals surface area contributed by atoms with Gasteiger partial charge in [0.05, 0.1) is 0 Å². The molecule has 18 heavy (non-hydrogen) atoms. The maximum atomic E-state index is 3.77. The molecule has 0 fully saturated rings. The smallest absolute Gasteiger partial charge is 0.0436 e. The number of aryl methyl sites for hydroxylation is 1. The van der Waals surface area contributed by atoms with Crippen LogP contribution in [0.15, 0.2) is 51.4 Å². The average molecular weight is 433 g/mol. The Morgan fingerprint density at radius 2 is 1.67 bits per heavy atom. The number of halogens is 3. The SMILES string of the molecule is Cc1ccc(C(Br)Cc2ccc(Br)cc2)cc1Br. The molecule has 0 aliphatic rings. The van der Waals surface area contributed by atoms with Crippen molar-refractivity contribution in [1.29, 1.82) is 0 Å². The van der Waals surface area contributed by atoms with Crippen molar-refractivity contribution in [2.24, 2.45) is 0 Å². The van der Waals surface area contributed by atoms with Crippen LogP contribution in [0.3, 0.4) is 0 Å². The Kier molecular flexibility index (Phi) is 5.05. The van der Waals surface area contributed by atoms with Crippen LogP contribution in [-0.4, -0.2) is 0 Å². The normalized spacial score (nSPS) is 12.4. The van der Waals surface area contributed by atoms with E-state index in [9.17, 15) is 0 Å². The molecule has 94 valence electrons. The third kappa shape index (κ3) is 3.69. The number of alkyl halides is 1. The van der Waals surface area contributed by atoms with Crippen LogP contribution in [0.4, 0.5) is 0 Å². The first kappa shape index (κ1) is 14.3. The predicted octanol–water partition coefficient (Wildman–Crippen LogP) is 6.20. The molecule has 0 amide bonds. The molecule has 2 rings (SSSR count). The summed E-state index contributed by atoms with van der Waals surface area (Å²) in [5.74, 6) is 0. The van der Waals surface area contributed by atoms with Gasteiger partial charge in [-0.2, -0.15) is 0 Å². The van der Waals surface area contributed by atoms with E-state index in [1.807, 2.05) is 0 Å². The maximum Gasteiger partial charge on any atom is 0.0436 e. The lowest BCUT2D eigenvalue weighted by Gasteiger charge is -2.12. The molecule has 3 heteroatoms. The molecule has 2 aromatic rings. The molecule has 0 saturated heterocycles. The topological polar surface area (TPSA) is 0 Å². The standard InChI is InChI=1S/C15H13Br3/c1-10-2-5-12(9-14(10)17)15(18)8-11-3-6-13(16)7-4-11/h2-7,9,15H,8H2,1H3. The van der Waals surface area contributed by atoms with Gasteiger partial charge in [0, 0.05) is 13.8 Å². The third-order valence-corrected chi connectivity index (χ3v) is 5.12. The summed E-state index contributed by atoms with van der Waals surface area (Å²) in [5.41, 5.74) is 3.90. The molecule has 0 saturated carbocycles.